The number of rotatable bonds is 3. The van der Waals surface area contributed by atoms with E-state index in [-0.39, 0.29) is 37.8 Å². The Morgan fingerprint density at radius 3 is 2.54 bits per heavy atom. The second kappa shape index (κ2) is 7.24. The van der Waals surface area contributed by atoms with E-state index in [0.717, 1.165) is 6.07 Å². The smallest absolute Gasteiger partial charge is 0.378 e. The van der Waals surface area contributed by atoms with Crippen molar-refractivity contribution < 1.29 is 27.1 Å². The van der Waals surface area contributed by atoms with E-state index in [0.29, 0.717) is 6.07 Å². The van der Waals surface area contributed by atoms with Gasteiger partial charge in [-0.3, -0.25) is 4.79 Å². The zero-order chi connectivity index (χ0) is 18.7. The molecule has 0 aliphatic carbocycles. The third-order valence-corrected chi connectivity index (χ3v) is 3.70. The number of ether oxygens (including phenoxy) is 1. The Kier molecular flexibility index (Phi) is 5.03. The van der Waals surface area contributed by atoms with Gasteiger partial charge in [0.25, 0.3) is 5.91 Å². The molecule has 2 aromatic rings. The fraction of sp³-hybridized carbons (Fsp3) is 0.312. The number of nitrogens with one attached hydrogen (secondary N) is 1. The Morgan fingerprint density at radius 2 is 1.88 bits per heavy atom. The lowest BCUT2D eigenvalue weighted by Crippen LogP contribution is -2.41. The molecule has 6 nitrogen and oxygen atoms in total. The molecule has 26 heavy (non-hydrogen) atoms. The molecule has 2 heterocycles. The van der Waals surface area contributed by atoms with Crippen LogP contribution in [0, 0.1) is 5.82 Å². The van der Waals surface area contributed by atoms with Crippen LogP contribution in [0.15, 0.2) is 30.3 Å². The first-order chi connectivity index (χ1) is 12.3. The summed E-state index contributed by atoms with van der Waals surface area (Å²) in [6.07, 6.45) is -4.80. The predicted molar refractivity (Wildman–Crippen MR) is 83.4 cm³/mol. The van der Waals surface area contributed by atoms with Gasteiger partial charge >= 0.3 is 6.18 Å². The van der Waals surface area contributed by atoms with Crippen molar-refractivity contribution >= 4 is 17.4 Å². The zero-order valence-corrected chi connectivity index (χ0v) is 13.4. The van der Waals surface area contributed by atoms with E-state index in [4.69, 9.17) is 4.74 Å². The van der Waals surface area contributed by atoms with E-state index in [1.807, 2.05) is 0 Å². The molecule has 1 amide bonds. The van der Waals surface area contributed by atoms with Crippen molar-refractivity contribution in [2.75, 3.05) is 31.6 Å². The van der Waals surface area contributed by atoms with Crippen LogP contribution in [-0.4, -0.2) is 47.3 Å². The lowest BCUT2D eigenvalue weighted by molar-refractivity contribution is -0.138. The summed E-state index contributed by atoms with van der Waals surface area (Å²) in [5.41, 5.74) is -1.77. The van der Waals surface area contributed by atoms with Gasteiger partial charge in [0.2, 0.25) is 0 Å². The molecule has 0 saturated carbocycles. The molecular weight excluding hydrogens is 356 g/mol. The second-order valence-electron chi connectivity index (χ2n) is 5.53. The molecule has 3 rings (SSSR count). The summed E-state index contributed by atoms with van der Waals surface area (Å²) in [5.74, 6) is -1.66. The van der Waals surface area contributed by atoms with Crippen molar-refractivity contribution in [2.24, 2.45) is 0 Å². The number of hydrogen-bond donors (Lipinski definition) is 1. The molecule has 1 aromatic carbocycles. The van der Waals surface area contributed by atoms with Crippen molar-refractivity contribution in [3.63, 3.8) is 0 Å². The van der Waals surface area contributed by atoms with Gasteiger partial charge in [-0.25, -0.2) is 4.39 Å². The fourth-order valence-electron chi connectivity index (χ4n) is 2.46. The standard InChI is InChI=1S/C16H14F4N4O2/c17-10-2-1-3-11(8-10)21-13-9-12(16(18,19)20)14(23-22-13)15(25)24-4-6-26-7-5-24/h1-3,8-9H,4-7H2,(H,21,22). The first kappa shape index (κ1) is 18.1. The van der Waals surface area contributed by atoms with Crippen LogP contribution < -0.4 is 5.32 Å². The molecule has 0 unspecified atom stereocenters. The van der Waals surface area contributed by atoms with Crippen LogP contribution in [0.3, 0.4) is 0 Å². The van der Waals surface area contributed by atoms with Crippen LogP contribution in [0.5, 0.6) is 0 Å². The molecule has 1 N–H and O–H groups in total. The average Bonchev–Trinajstić information content (AvgIpc) is 2.61. The Balaban J connectivity index is 1.92. The van der Waals surface area contributed by atoms with Crippen molar-refractivity contribution in [2.45, 2.75) is 6.18 Å². The van der Waals surface area contributed by atoms with Crippen molar-refractivity contribution in [1.82, 2.24) is 15.1 Å². The van der Waals surface area contributed by atoms with Crippen LogP contribution >= 0.6 is 0 Å². The van der Waals surface area contributed by atoms with Gasteiger partial charge in [0.1, 0.15) is 5.82 Å². The van der Waals surface area contributed by atoms with Gasteiger partial charge in [0, 0.05) is 18.8 Å². The Bertz CT molecular complexity index is 807. The highest BCUT2D eigenvalue weighted by molar-refractivity contribution is 5.94. The van der Waals surface area contributed by atoms with Crippen LogP contribution in [0.4, 0.5) is 29.1 Å². The maximum absolute atomic E-state index is 13.4. The highest BCUT2D eigenvalue weighted by Gasteiger charge is 2.38. The summed E-state index contributed by atoms with van der Waals surface area (Å²) in [4.78, 5) is 13.6. The van der Waals surface area contributed by atoms with Gasteiger partial charge in [-0.05, 0) is 24.3 Å². The lowest BCUT2D eigenvalue weighted by Gasteiger charge is -2.27. The van der Waals surface area contributed by atoms with E-state index < -0.39 is 29.2 Å². The minimum absolute atomic E-state index is 0.182. The number of carbonyl (C=O) groups excluding carboxylic acids is 1. The molecular formula is C16H14F4N4O2. The molecule has 138 valence electrons. The van der Waals surface area contributed by atoms with Crippen LogP contribution in [0.1, 0.15) is 16.1 Å². The zero-order valence-electron chi connectivity index (χ0n) is 13.4. The summed E-state index contributed by atoms with van der Waals surface area (Å²) in [7, 11) is 0. The van der Waals surface area contributed by atoms with Gasteiger partial charge in [-0.15, -0.1) is 10.2 Å². The summed E-state index contributed by atoms with van der Waals surface area (Å²) in [5, 5.41) is 9.66. The second-order valence-corrected chi connectivity index (χ2v) is 5.53. The van der Waals surface area contributed by atoms with Gasteiger partial charge in [0.15, 0.2) is 11.5 Å². The van der Waals surface area contributed by atoms with Crippen molar-refractivity contribution in [3.8, 4) is 0 Å². The van der Waals surface area contributed by atoms with Crippen LogP contribution in [0.2, 0.25) is 0 Å². The van der Waals surface area contributed by atoms with E-state index in [1.165, 1.54) is 23.1 Å². The normalized spacial score (nSPS) is 15.0. The molecule has 10 heteroatoms. The van der Waals surface area contributed by atoms with Gasteiger partial charge < -0.3 is 15.0 Å². The summed E-state index contributed by atoms with van der Waals surface area (Å²) >= 11 is 0. The number of nitrogens with zero attached hydrogens (tertiary/aromatic N) is 3. The van der Waals surface area contributed by atoms with E-state index in [1.54, 1.807) is 0 Å². The van der Waals surface area contributed by atoms with E-state index in [2.05, 4.69) is 15.5 Å². The minimum atomic E-state index is -4.80. The lowest BCUT2D eigenvalue weighted by atomic mass is 10.1. The summed E-state index contributed by atoms with van der Waals surface area (Å²) < 4.78 is 58.5. The molecule has 0 radical (unpaired) electrons. The first-order valence-corrected chi connectivity index (χ1v) is 7.69. The van der Waals surface area contributed by atoms with Gasteiger partial charge in [-0.2, -0.15) is 13.2 Å². The third kappa shape index (κ3) is 4.07. The number of halogens is 4. The molecule has 1 aromatic heterocycles. The maximum atomic E-state index is 13.4. The molecule has 0 atom stereocenters. The monoisotopic (exact) mass is 370 g/mol. The minimum Gasteiger partial charge on any atom is -0.378 e. The number of alkyl halides is 3. The topological polar surface area (TPSA) is 67.4 Å². The Hall–Kier alpha value is -2.75. The summed E-state index contributed by atoms with van der Waals surface area (Å²) in [6.45, 7) is 0.863. The first-order valence-electron chi connectivity index (χ1n) is 7.69. The molecule has 0 spiro atoms. The number of benzene rings is 1. The molecule has 1 aliphatic heterocycles. The highest BCUT2D eigenvalue weighted by atomic mass is 19.4. The maximum Gasteiger partial charge on any atom is 0.418 e. The molecule has 1 saturated heterocycles. The Morgan fingerprint density at radius 1 is 1.15 bits per heavy atom. The average molecular weight is 370 g/mol. The van der Waals surface area contributed by atoms with Crippen LogP contribution in [0.25, 0.3) is 0 Å². The fourth-order valence-corrected chi connectivity index (χ4v) is 2.46. The number of anilines is 2. The number of carbonyl (C=O) groups is 1. The quantitative estimate of drug-likeness (QED) is 0.842. The van der Waals surface area contributed by atoms with Crippen molar-refractivity contribution in [1.29, 1.82) is 0 Å². The highest BCUT2D eigenvalue weighted by Crippen LogP contribution is 2.33. The van der Waals surface area contributed by atoms with Gasteiger partial charge in [0.05, 0.1) is 18.8 Å². The summed E-state index contributed by atoms with van der Waals surface area (Å²) in [6, 6.07) is 5.84. The Labute approximate surface area is 145 Å². The molecule has 0 bridgehead atoms. The van der Waals surface area contributed by atoms with E-state index >= 15 is 0 Å². The number of hydrogen-bond acceptors (Lipinski definition) is 5. The van der Waals surface area contributed by atoms with Crippen molar-refractivity contribution in [3.05, 3.63) is 47.4 Å². The third-order valence-electron chi connectivity index (χ3n) is 3.70. The van der Waals surface area contributed by atoms with Gasteiger partial charge in [-0.1, -0.05) is 6.07 Å². The van der Waals surface area contributed by atoms with E-state index in [9.17, 15) is 22.4 Å². The number of amides is 1. The predicted octanol–water partition coefficient (Wildman–Crippen LogP) is 2.85. The molecule has 1 fully saturated rings. The number of aromatic nitrogens is 2. The number of morpholine rings is 1. The largest absolute Gasteiger partial charge is 0.418 e. The van der Waals surface area contributed by atoms with Crippen LogP contribution in [-0.2, 0) is 10.9 Å². The molecule has 1 aliphatic rings. The SMILES string of the molecule is O=C(c1nnc(Nc2cccc(F)c2)cc1C(F)(F)F)N1CCOCC1.